The SMILES string of the molecule is CCC(CCN)CCC(=O)C1CCOC2(CCCCC2)C1. The molecule has 0 aromatic rings. The van der Waals surface area contributed by atoms with Gasteiger partial charge in [-0.2, -0.15) is 0 Å². The maximum Gasteiger partial charge on any atom is 0.136 e. The molecule has 2 aliphatic rings. The van der Waals surface area contributed by atoms with E-state index in [9.17, 15) is 4.79 Å². The lowest BCUT2D eigenvalue weighted by Crippen LogP contribution is -2.43. The van der Waals surface area contributed by atoms with Gasteiger partial charge in [0, 0.05) is 18.9 Å². The number of ether oxygens (including phenoxy) is 1. The van der Waals surface area contributed by atoms with Crippen molar-refractivity contribution in [1.82, 2.24) is 0 Å². The zero-order valence-corrected chi connectivity index (χ0v) is 13.7. The molecule has 0 aromatic heterocycles. The number of carbonyl (C=O) groups excluding carboxylic acids is 1. The quantitative estimate of drug-likeness (QED) is 0.776. The Balaban J connectivity index is 1.81. The normalized spacial score (nSPS) is 26.7. The molecule has 0 aromatic carbocycles. The first-order valence-electron chi connectivity index (χ1n) is 9.06. The van der Waals surface area contributed by atoms with Crippen LogP contribution >= 0.6 is 0 Å². The van der Waals surface area contributed by atoms with Gasteiger partial charge in [-0.05, 0) is 51.0 Å². The number of rotatable bonds is 7. The molecule has 2 atom stereocenters. The predicted octanol–water partition coefficient (Wildman–Crippen LogP) is 3.84. The van der Waals surface area contributed by atoms with E-state index in [1.165, 1.54) is 32.1 Å². The second kappa shape index (κ2) is 8.28. The van der Waals surface area contributed by atoms with E-state index in [1.807, 2.05) is 0 Å². The number of hydrogen-bond acceptors (Lipinski definition) is 3. The third-order valence-corrected chi connectivity index (χ3v) is 5.66. The lowest BCUT2D eigenvalue weighted by atomic mass is 9.74. The standard InChI is InChI=1S/C18H33NO2/c1-2-15(8-12-19)6-7-17(20)16-9-13-21-18(14-16)10-4-3-5-11-18/h15-16H,2-14,19H2,1H3. The number of Topliss-reactive ketones (excluding diaryl/α,β-unsaturated/α-hetero) is 1. The van der Waals surface area contributed by atoms with Crippen LogP contribution in [-0.2, 0) is 9.53 Å². The number of hydrogen-bond donors (Lipinski definition) is 1. The topological polar surface area (TPSA) is 52.3 Å². The minimum atomic E-state index is 0.0538. The summed E-state index contributed by atoms with van der Waals surface area (Å²) in [6.07, 6.45) is 12.1. The first-order chi connectivity index (χ1) is 10.2. The van der Waals surface area contributed by atoms with Gasteiger partial charge in [-0.1, -0.05) is 32.6 Å². The molecule has 2 fully saturated rings. The molecule has 3 heteroatoms. The average molecular weight is 295 g/mol. The Morgan fingerprint density at radius 3 is 2.71 bits per heavy atom. The highest BCUT2D eigenvalue weighted by molar-refractivity contribution is 5.81. The van der Waals surface area contributed by atoms with Crippen LogP contribution in [0.25, 0.3) is 0 Å². The smallest absolute Gasteiger partial charge is 0.136 e. The van der Waals surface area contributed by atoms with Crippen molar-refractivity contribution in [3.05, 3.63) is 0 Å². The number of carbonyl (C=O) groups is 1. The summed E-state index contributed by atoms with van der Waals surface area (Å²) in [5, 5.41) is 0. The first kappa shape index (κ1) is 17.0. The molecule has 1 aliphatic carbocycles. The van der Waals surface area contributed by atoms with Crippen molar-refractivity contribution in [3.63, 3.8) is 0 Å². The van der Waals surface area contributed by atoms with E-state index in [0.717, 1.165) is 51.7 Å². The van der Waals surface area contributed by atoms with E-state index in [0.29, 0.717) is 11.7 Å². The minimum absolute atomic E-state index is 0.0538. The summed E-state index contributed by atoms with van der Waals surface area (Å²) < 4.78 is 6.10. The Labute approximate surface area is 130 Å². The first-order valence-corrected chi connectivity index (χ1v) is 9.06. The Kier molecular flexibility index (Phi) is 6.69. The molecule has 1 saturated heterocycles. The minimum Gasteiger partial charge on any atom is -0.375 e. The van der Waals surface area contributed by atoms with E-state index < -0.39 is 0 Å². The fourth-order valence-corrected chi connectivity index (χ4v) is 4.19. The molecule has 1 saturated carbocycles. The largest absolute Gasteiger partial charge is 0.375 e. The van der Waals surface area contributed by atoms with E-state index in [1.54, 1.807) is 0 Å². The lowest BCUT2D eigenvalue weighted by molar-refractivity contribution is -0.143. The van der Waals surface area contributed by atoms with Gasteiger partial charge in [0.15, 0.2) is 0 Å². The molecular weight excluding hydrogens is 262 g/mol. The van der Waals surface area contributed by atoms with Gasteiger partial charge in [-0.15, -0.1) is 0 Å². The van der Waals surface area contributed by atoms with Gasteiger partial charge >= 0.3 is 0 Å². The lowest BCUT2D eigenvalue weighted by Gasteiger charge is -2.43. The fourth-order valence-electron chi connectivity index (χ4n) is 4.19. The van der Waals surface area contributed by atoms with Gasteiger partial charge in [0.1, 0.15) is 5.78 Å². The van der Waals surface area contributed by atoms with Gasteiger partial charge in [0.2, 0.25) is 0 Å². The summed E-state index contributed by atoms with van der Waals surface area (Å²) in [7, 11) is 0. The van der Waals surface area contributed by atoms with E-state index in [-0.39, 0.29) is 11.5 Å². The van der Waals surface area contributed by atoms with Gasteiger partial charge in [-0.25, -0.2) is 0 Å². The molecule has 0 bridgehead atoms. The summed E-state index contributed by atoms with van der Waals surface area (Å²) in [5.74, 6) is 1.37. The molecule has 122 valence electrons. The molecule has 3 nitrogen and oxygen atoms in total. The van der Waals surface area contributed by atoms with Gasteiger partial charge in [-0.3, -0.25) is 4.79 Å². The maximum atomic E-state index is 12.6. The molecular formula is C18H33NO2. The summed E-state index contributed by atoms with van der Waals surface area (Å²) >= 11 is 0. The van der Waals surface area contributed by atoms with Gasteiger partial charge in [0.05, 0.1) is 5.60 Å². The molecule has 1 spiro atoms. The average Bonchev–Trinajstić information content (AvgIpc) is 2.52. The van der Waals surface area contributed by atoms with Crippen molar-refractivity contribution >= 4 is 5.78 Å². The van der Waals surface area contributed by atoms with Gasteiger partial charge in [0.25, 0.3) is 0 Å². The zero-order chi connectivity index (χ0) is 15.1. The molecule has 2 unspecified atom stereocenters. The maximum absolute atomic E-state index is 12.6. The summed E-state index contributed by atoms with van der Waals surface area (Å²) in [6.45, 7) is 3.74. The summed E-state index contributed by atoms with van der Waals surface area (Å²) in [6, 6.07) is 0. The second-order valence-corrected chi connectivity index (χ2v) is 7.14. The third kappa shape index (κ3) is 4.79. The molecule has 21 heavy (non-hydrogen) atoms. The summed E-state index contributed by atoms with van der Waals surface area (Å²) in [4.78, 5) is 12.6. The number of ketones is 1. The van der Waals surface area contributed by atoms with Crippen LogP contribution in [0, 0.1) is 11.8 Å². The molecule has 0 amide bonds. The van der Waals surface area contributed by atoms with Crippen LogP contribution in [0.4, 0.5) is 0 Å². The van der Waals surface area contributed by atoms with Crippen LogP contribution < -0.4 is 5.73 Å². The van der Waals surface area contributed by atoms with Crippen molar-refractivity contribution in [3.8, 4) is 0 Å². The summed E-state index contributed by atoms with van der Waals surface area (Å²) in [5.41, 5.74) is 5.70. The highest BCUT2D eigenvalue weighted by Gasteiger charge is 2.40. The fraction of sp³-hybridized carbons (Fsp3) is 0.944. The van der Waals surface area contributed by atoms with Crippen molar-refractivity contribution in [2.45, 2.75) is 83.2 Å². The van der Waals surface area contributed by atoms with Crippen molar-refractivity contribution in [2.24, 2.45) is 17.6 Å². The molecule has 0 radical (unpaired) electrons. The molecule has 2 N–H and O–H groups in total. The van der Waals surface area contributed by atoms with Crippen LogP contribution in [0.5, 0.6) is 0 Å². The molecule has 1 aliphatic heterocycles. The predicted molar refractivity (Wildman–Crippen MR) is 86.2 cm³/mol. The zero-order valence-electron chi connectivity index (χ0n) is 13.7. The van der Waals surface area contributed by atoms with Crippen molar-refractivity contribution < 1.29 is 9.53 Å². The Morgan fingerprint density at radius 1 is 1.29 bits per heavy atom. The molecule has 2 rings (SSSR count). The van der Waals surface area contributed by atoms with Crippen LogP contribution in [0.15, 0.2) is 0 Å². The molecule has 1 heterocycles. The highest BCUT2D eigenvalue weighted by Crippen LogP contribution is 2.41. The van der Waals surface area contributed by atoms with Crippen molar-refractivity contribution in [2.75, 3.05) is 13.2 Å². The van der Waals surface area contributed by atoms with Crippen LogP contribution in [0.1, 0.15) is 77.6 Å². The Bertz CT molecular complexity index is 318. The Hall–Kier alpha value is -0.410. The highest BCUT2D eigenvalue weighted by atomic mass is 16.5. The van der Waals surface area contributed by atoms with E-state index in [4.69, 9.17) is 10.5 Å². The number of nitrogens with two attached hydrogens (primary N) is 1. The second-order valence-electron chi connectivity index (χ2n) is 7.14. The van der Waals surface area contributed by atoms with Crippen molar-refractivity contribution in [1.29, 1.82) is 0 Å². The van der Waals surface area contributed by atoms with Crippen LogP contribution in [0.3, 0.4) is 0 Å². The monoisotopic (exact) mass is 295 g/mol. The van der Waals surface area contributed by atoms with Crippen LogP contribution in [-0.4, -0.2) is 24.5 Å². The Morgan fingerprint density at radius 2 is 2.05 bits per heavy atom. The van der Waals surface area contributed by atoms with E-state index >= 15 is 0 Å². The van der Waals surface area contributed by atoms with E-state index in [2.05, 4.69) is 6.92 Å². The van der Waals surface area contributed by atoms with Gasteiger partial charge < -0.3 is 10.5 Å². The van der Waals surface area contributed by atoms with Crippen LogP contribution in [0.2, 0.25) is 0 Å². The third-order valence-electron chi connectivity index (χ3n) is 5.66.